The number of nitrogens with one attached hydrogen (secondary N) is 3. The molecule has 14 nitrogen and oxygen atoms in total. The molecular formula is C50H74N6O8. The quantitative estimate of drug-likeness (QED) is 0.0751. The zero-order chi connectivity index (χ0) is 46.1. The number of aromatic amines is 1. The van der Waals surface area contributed by atoms with E-state index in [0.29, 0.717) is 50.1 Å². The Morgan fingerprint density at radius 3 is 2.22 bits per heavy atom. The van der Waals surface area contributed by atoms with Crippen molar-refractivity contribution in [3.8, 4) is 11.1 Å². The van der Waals surface area contributed by atoms with Crippen LogP contribution in [0.25, 0.3) is 11.1 Å². The van der Waals surface area contributed by atoms with Gasteiger partial charge in [-0.05, 0) is 133 Å². The molecule has 0 spiro atoms. The second kappa shape index (κ2) is 25.2. The molecule has 3 N–H and O–H groups in total. The molecule has 3 heterocycles. The summed E-state index contributed by atoms with van der Waals surface area (Å²) < 4.78 is 21.9. The van der Waals surface area contributed by atoms with Crippen molar-refractivity contribution in [3.63, 3.8) is 0 Å². The lowest BCUT2D eigenvalue weighted by atomic mass is 9.94. The molecule has 2 saturated heterocycles. The van der Waals surface area contributed by atoms with Crippen LogP contribution in [0.5, 0.6) is 0 Å². The largest absolute Gasteiger partial charge is 0.458 e. The van der Waals surface area contributed by atoms with Crippen LogP contribution in [-0.4, -0.2) is 130 Å². The molecule has 2 aliphatic heterocycles. The van der Waals surface area contributed by atoms with Crippen molar-refractivity contribution in [1.29, 1.82) is 0 Å². The average molecular weight is 887 g/mol. The summed E-state index contributed by atoms with van der Waals surface area (Å²) in [6.45, 7) is 22.8. The molecule has 0 atom stereocenters. The second-order valence-electron chi connectivity index (χ2n) is 18.2. The summed E-state index contributed by atoms with van der Waals surface area (Å²) in [6, 6.07) is 15.1. The summed E-state index contributed by atoms with van der Waals surface area (Å²) in [6.07, 6.45) is 5.41. The highest BCUT2D eigenvalue weighted by atomic mass is 16.6. The monoisotopic (exact) mass is 887 g/mol. The van der Waals surface area contributed by atoms with Gasteiger partial charge >= 0.3 is 5.97 Å². The molecule has 64 heavy (non-hydrogen) atoms. The Balaban J connectivity index is 1.05. The summed E-state index contributed by atoms with van der Waals surface area (Å²) in [5.74, 6) is -0.494. The van der Waals surface area contributed by atoms with Crippen molar-refractivity contribution in [2.45, 2.75) is 112 Å². The van der Waals surface area contributed by atoms with E-state index in [0.717, 1.165) is 125 Å². The van der Waals surface area contributed by atoms with E-state index >= 15 is 0 Å². The van der Waals surface area contributed by atoms with Gasteiger partial charge in [-0.25, -0.2) is 4.79 Å². The highest BCUT2D eigenvalue weighted by Gasteiger charge is 2.26. The van der Waals surface area contributed by atoms with Crippen molar-refractivity contribution in [2.24, 2.45) is 0 Å². The second-order valence-corrected chi connectivity index (χ2v) is 18.2. The van der Waals surface area contributed by atoms with Crippen LogP contribution in [0.4, 0.5) is 5.69 Å². The third-order valence-corrected chi connectivity index (χ3v) is 11.9. The number of rotatable bonds is 23. The van der Waals surface area contributed by atoms with E-state index in [-0.39, 0.29) is 36.5 Å². The van der Waals surface area contributed by atoms with Gasteiger partial charge in [0.15, 0.2) is 0 Å². The van der Waals surface area contributed by atoms with Crippen LogP contribution in [-0.2, 0) is 41.6 Å². The Kier molecular flexibility index (Phi) is 19.8. The normalized spacial score (nSPS) is 15.2. The van der Waals surface area contributed by atoms with E-state index in [9.17, 15) is 19.2 Å². The molecule has 2 aromatic carbocycles. The molecule has 3 aromatic rings. The number of aryl methyl sites for hydroxylation is 2. The number of piperazine rings is 1. The van der Waals surface area contributed by atoms with Gasteiger partial charge in [0.05, 0.1) is 6.54 Å². The van der Waals surface area contributed by atoms with Crippen molar-refractivity contribution in [3.05, 3.63) is 86.3 Å². The first kappa shape index (κ1) is 50.4. The highest BCUT2D eigenvalue weighted by Crippen LogP contribution is 2.34. The lowest BCUT2D eigenvalue weighted by Gasteiger charge is -2.37. The number of hydrogen-bond donors (Lipinski definition) is 3. The van der Waals surface area contributed by atoms with Crippen LogP contribution in [0.3, 0.4) is 0 Å². The number of H-pyrrole nitrogens is 1. The lowest BCUT2D eigenvalue weighted by Crippen LogP contribution is -2.49. The fourth-order valence-electron chi connectivity index (χ4n) is 8.44. The van der Waals surface area contributed by atoms with Gasteiger partial charge in [-0.2, -0.15) is 0 Å². The maximum absolute atomic E-state index is 14.0. The maximum Gasteiger partial charge on any atom is 0.332 e. The Hall–Kier alpha value is -4.60. The molecular weight excluding hydrogens is 813 g/mol. The molecule has 2 fully saturated rings. The minimum Gasteiger partial charge on any atom is -0.458 e. The third-order valence-electron chi connectivity index (χ3n) is 11.9. The first-order chi connectivity index (χ1) is 30.7. The highest BCUT2D eigenvalue weighted by molar-refractivity contribution is 5.99. The third kappa shape index (κ3) is 16.1. The number of anilines is 1. The standard InChI is InChI=1S/C50H74N6O8/c1-8-56(42-17-27-62-28-18-42)45-31-41(30-43(38(45)4)48(59)52-32-44-36(2)29-37(3)53-49(44)60)40-15-13-39(14-16-40)33-54-20-22-55(23-21-54)34-46(57)51-19-10-9-11-24-61-25-12-26-63-35-47(58)64-50(5,6)7/h13-16,29-31,42H,8-12,17-28,32-35H2,1-7H3,(H,51,57)(H,52,59)(H,53,60). The van der Waals surface area contributed by atoms with Gasteiger partial charge in [0.2, 0.25) is 5.91 Å². The van der Waals surface area contributed by atoms with E-state index in [1.54, 1.807) is 0 Å². The van der Waals surface area contributed by atoms with Gasteiger partial charge in [-0.1, -0.05) is 24.3 Å². The van der Waals surface area contributed by atoms with Crippen LogP contribution < -0.4 is 21.1 Å². The molecule has 2 amide bonds. The van der Waals surface area contributed by atoms with E-state index in [4.69, 9.17) is 18.9 Å². The molecule has 0 saturated carbocycles. The van der Waals surface area contributed by atoms with Gasteiger partial charge < -0.3 is 39.5 Å². The fraction of sp³-hybridized carbons (Fsp3) is 0.600. The minimum atomic E-state index is -0.507. The summed E-state index contributed by atoms with van der Waals surface area (Å²) in [5, 5.41) is 6.13. The number of amides is 2. The van der Waals surface area contributed by atoms with Crippen molar-refractivity contribution >= 4 is 23.5 Å². The molecule has 14 heteroatoms. The number of nitrogens with zero attached hydrogens (tertiary/aromatic N) is 3. The first-order valence-electron chi connectivity index (χ1n) is 23.4. The number of carbonyl (C=O) groups excluding carboxylic acids is 3. The molecule has 0 unspecified atom stereocenters. The summed E-state index contributed by atoms with van der Waals surface area (Å²) >= 11 is 0. The summed E-state index contributed by atoms with van der Waals surface area (Å²) in [7, 11) is 0. The maximum atomic E-state index is 14.0. The molecule has 352 valence electrons. The predicted molar refractivity (Wildman–Crippen MR) is 252 cm³/mol. The molecule has 2 aliphatic rings. The minimum absolute atomic E-state index is 0.0431. The zero-order valence-electron chi connectivity index (χ0n) is 39.6. The van der Waals surface area contributed by atoms with Crippen molar-refractivity contribution in [1.82, 2.24) is 25.4 Å². The van der Waals surface area contributed by atoms with Gasteiger partial charge in [-0.3, -0.25) is 24.2 Å². The van der Waals surface area contributed by atoms with Crippen molar-refractivity contribution in [2.75, 3.05) is 90.4 Å². The van der Waals surface area contributed by atoms with Crippen molar-refractivity contribution < 1.29 is 33.3 Å². The van der Waals surface area contributed by atoms with Gasteiger partial charge in [0.1, 0.15) is 12.2 Å². The number of aromatic nitrogens is 1. The Bertz CT molecular complexity index is 2020. The molecule has 5 rings (SSSR count). The van der Waals surface area contributed by atoms with Crippen LogP contribution in [0, 0.1) is 20.8 Å². The summed E-state index contributed by atoms with van der Waals surface area (Å²) in [5.41, 5.74) is 7.31. The molecule has 0 aliphatic carbocycles. The van der Waals surface area contributed by atoms with Gasteiger partial charge in [-0.15, -0.1) is 0 Å². The van der Waals surface area contributed by atoms with Crippen LogP contribution in [0.1, 0.15) is 105 Å². The van der Waals surface area contributed by atoms with Gasteiger partial charge in [0, 0.05) is 114 Å². The zero-order valence-corrected chi connectivity index (χ0v) is 39.6. The van der Waals surface area contributed by atoms with E-state index in [2.05, 4.69) is 67.6 Å². The van der Waals surface area contributed by atoms with Crippen LogP contribution in [0.2, 0.25) is 0 Å². The van der Waals surface area contributed by atoms with Crippen LogP contribution in [0.15, 0.2) is 47.3 Å². The molecule has 0 radical (unpaired) electrons. The smallest absolute Gasteiger partial charge is 0.332 e. The first-order valence-corrected chi connectivity index (χ1v) is 23.4. The Morgan fingerprint density at radius 1 is 0.844 bits per heavy atom. The number of pyridine rings is 1. The number of unbranched alkanes of at least 4 members (excludes halogenated alkanes) is 2. The van der Waals surface area contributed by atoms with E-state index in [1.165, 1.54) is 5.56 Å². The average Bonchev–Trinajstić information content (AvgIpc) is 3.25. The van der Waals surface area contributed by atoms with E-state index in [1.807, 2.05) is 53.7 Å². The van der Waals surface area contributed by atoms with Crippen LogP contribution >= 0.6 is 0 Å². The fourth-order valence-corrected chi connectivity index (χ4v) is 8.44. The number of benzene rings is 2. The SMILES string of the molecule is CCN(c1cc(-c2ccc(CN3CCN(CC(=O)NCCCCCOCCCOCC(=O)OC(C)(C)C)CC3)cc2)cc(C(=O)NCc2c(C)cc(C)[nH]c2=O)c1C)C1CCOCC1. The topological polar surface area (TPSA) is 155 Å². The number of esters is 1. The number of carbonyl (C=O) groups is 3. The molecule has 1 aromatic heterocycles. The van der Waals surface area contributed by atoms with E-state index < -0.39 is 5.60 Å². The summed E-state index contributed by atoms with van der Waals surface area (Å²) in [4.78, 5) is 61.0. The Morgan fingerprint density at radius 2 is 1.53 bits per heavy atom. The van der Waals surface area contributed by atoms with Gasteiger partial charge in [0.25, 0.3) is 11.5 Å². The number of ether oxygens (including phenoxy) is 4. The predicted octanol–water partition coefficient (Wildman–Crippen LogP) is 6.07. The Labute approximate surface area is 380 Å². The lowest BCUT2D eigenvalue weighted by molar-refractivity contribution is -0.160. The number of hydrogen-bond acceptors (Lipinski definition) is 11. The molecule has 0 bridgehead atoms.